The molecule has 0 aliphatic carbocycles. The number of allylic oxidation sites excluding steroid dienone is 12. The molecule has 0 rings (SSSR count). The average Bonchev–Trinajstić information content (AvgIpc) is 3.30. The Morgan fingerprint density at radius 3 is 0.985 bits per heavy atom. The van der Waals surface area contributed by atoms with Crippen LogP contribution in [0.4, 0.5) is 0 Å². The van der Waals surface area contributed by atoms with Gasteiger partial charge in [-0.2, -0.15) is 0 Å². The molecule has 6 nitrogen and oxygen atoms in total. The number of carbonyl (C=O) groups is 3. The number of ether oxygens (including phenoxy) is 3. The van der Waals surface area contributed by atoms with Crippen LogP contribution >= 0.6 is 0 Å². The van der Waals surface area contributed by atoms with E-state index in [0.29, 0.717) is 19.3 Å². The molecule has 0 bridgehead atoms. The van der Waals surface area contributed by atoms with Gasteiger partial charge in [0.2, 0.25) is 0 Å². The molecule has 0 saturated carbocycles. The fourth-order valence-electron chi connectivity index (χ4n) is 7.64. The van der Waals surface area contributed by atoms with Crippen LogP contribution in [0.15, 0.2) is 72.9 Å². The van der Waals surface area contributed by atoms with Crippen molar-refractivity contribution in [2.45, 2.75) is 271 Å². The summed E-state index contributed by atoms with van der Waals surface area (Å²) in [6.07, 6.45) is 67.3. The highest BCUT2D eigenvalue weighted by molar-refractivity contribution is 5.71. The Morgan fingerprint density at radius 1 is 0.308 bits per heavy atom. The Bertz CT molecular complexity index is 1230. The third-order valence-electron chi connectivity index (χ3n) is 11.8. The van der Waals surface area contributed by atoms with Crippen LogP contribution in [-0.2, 0) is 28.6 Å². The van der Waals surface area contributed by atoms with Gasteiger partial charge in [-0.25, -0.2) is 0 Å². The van der Waals surface area contributed by atoms with Crippen molar-refractivity contribution in [3.8, 4) is 0 Å². The molecule has 0 fully saturated rings. The van der Waals surface area contributed by atoms with Crippen molar-refractivity contribution in [2.75, 3.05) is 13.2 Å². The minimum absolute atomic E-state index is 0.0835. The SMILES string of the molecule is CCC\C=C/C=C\C=C/C=C\C=C/CCCCCCCC(=O)OCC(COC(=O)CCCCCCCCCCCCCCCC)OC(=O)CCCCCCCCC/C=C\CCCCCC. The van der Waals surface area contributed by atoms with E-state index in [1.165, 1.54) is 141 Å². The molecule has 0 radical (unpaired) electrons. The number of hydrogen-bond acceptors (Lipinski definition) is 6. The van der Waals surface area contributed by atoms with Gasteiger partial charge in [-0.05, 0) is 64.2 Å². The lowest BCUT2D eigenvalue weighted by molar-refractivity contribution is -0.167. The minimum Gasteiger partial charge on any atom is -0.462 e. The van der Waals surface area contributed by atoms with E-state index >= 15 is 0 Å². The van der Waals surface area contributed by atoms with Gasteiger partial charge in [0.15, 0.2) is 6.10 Å². The van der Waals surface area contributed by atoms with Crippen molar-refractivity contribution in [3.63, 3.8) is 0 Å². The van der Waals surface area contributed by atoms with Crippen LogP contribution < -0.4 is 0 Å². The molecule has 0 aliphatic rings. The van der Waals surface area contributed by atoms with Crippen LogP contribution in [0.2, 0.25) is 0 Å². The Hall–Kier alpha value is -3.15. The van der Waals surface area contributed by atoms with Gasteiger partial charge < -0.3 is 14.2 Å². The molecule has 1 unspecified atom stereocenters. The highest BCUT2D eigenvalue weighted by Crippen LogP contribution is 2.15. The predicted molar refractivity (Wildman–Crippen MR) is 279 cm³/mol. The first kappa shape index (κ1) is 61.9. The van der Waals surface area contributed by atoms with E-state index in [-0.39, 0.29) is 31.1 Å². The van der Waals surface area contributed by atoms with Gasteiger partial charge in [-0.1, -0.05) is 254 Å². The lowest BCUT2D eigenvalue weighted by Crippen LogP contribution is -2.30. The molecule has 0 spiro atoms. The lowest BCUT2D eigenvalue weighted by Gasteiger charge is -2.18. The summed E-state index contributed by atoms with van der Waals surface area (Å²) >= 11 is 0. The smallest absolute Gasteiger partial charge is 0.306 e. The number of carbonyl (C=O) groups excluding carboxylic acids is 3. The zero-order valence-electron chi connectivity index (χ0n) is 42.7. The van der Waals surface area contributed by atoms with Gasteiger partial charge in [0.1, 0.15) is 13.2 Å². The molecule has 0 saturated heterocycles. The van der Waals surface area contributed by atoms with E-state index in [1.54, 1.807) is 0 Å². The second kappa shape index (κ2) is 53.5. The molecule has 65 heavy (non-hydrogen) atoms. The van der Waals surface area contributed by atoms with Crippen molar-refractivity contribution >= 4 is 17.9 Å². The normalized spacial score (nSPS) is 12.6. The summed E-state index contributed by atoms with van der Waals surface area (Å²) in [4.78, 5) is 38.1. The van der Waals surface area contributed by atoms with Crippen LogP contribution in [0.3, 0.4) is 0 Å². The average molecular weight is 907 g/mol. The number of hydrogen-bond donors (Lipinski definition) is 0. The molecule has 0 aromatic rings. The molecular weight excluding hydrogens is 805 g/mol. The van der Waals surface area contributed by atoms with E-state index in [0.717, 1.165) is 83.5 Å². The minimum atomic E-state index is -0.786. The first-order chi connectivity index (χ1) is 32.0. The summed E-state index contributed by atoms with van der Waals surface area (Å²) in [5.74, 6) is -0.907. The third kappa shape index (κ3) is 51.7. The van der Waals surface area contributed by atoms with Crippen LogP contribution in [-0.4, -0.2) is 37.2 Å². The van der Waals surface area contributed by atoms with Crippen LogP contribution in [0.1, 0.15) is 265 Å². The van der Waals surface area contributed by atoms with Crippen molar-refractivity contribution in [3.05, 3.63) is 72.9 Å². The van der Waals surface area contributed by atoms with Gasteiger partial charge in [0.05, 0.1) is 0 Å². The standard InChI is InChI=1S/C59H102O6/c1-4-7-10-13-16-19-22-25-28-29-30-32-34-37-40-43-46-49-52-58(61)64-55-56(54-63-57(60)51-48-45-42-39-36-33-27-24-21-18-15-12-9-6-3)65-59(62)53-50-47-44-41-38-35-31-26-23-20-17-14-11-8-5-2/h10,13,16,19-20,22-23,25,28-30,32,56H,4-9,11-12,14-15,17-18,21,24,26-27,31,33-55H2,1-3H3/b13-10-,19-16-,23-20-,25-22-,29-28-,32-30-. The second-order valence-corrected chi connectivity index (χ2v) is 18.3. The highest BCUT2D eigenvalue weighted by Gasteiger charge is 2.19. The van der Waals surface area contributed by atoms with Crippen molar-refractivity contribution in [1.82, 2.24) is 0 Å². The summed E-state index contributed by atoms with van der Waals surface area (Å²) in [6.45, 7) is 6.53. The van der Waals surface area contributed by atoms with Gasteiger partial charge in [-0.3, -0.25) is 14.4 Å². The van der Waals surface area contributed by atoms with Crippen molar-refractivity contribution in [2.24, 2.45) is 0 Å². The molecule has 0 aromatic carbocycles. The van der Waals surface area contributed by atoms with Crippen LogP contribution in [0.25, 0.3) is 0 Å². The molecule has 0 N–H and O–H groups in total. The Morgan fingerprint density at radius 2 is 0.600 bits per heavy atom. The lowest BCUT2D eigenvalue weighted by atomic mass is 10.0. The molecular formula is C59H102O6. The Kier molecular flexibility index (Phi) is 50.9. The van der Waals surface area contributed by atoms with Gasteiger partial charge in [0.25, 0.3) is 0 Å². The summed E-state index contributed by atoms with van der Waals surface area (Å²) in [5.41, 5.74) is 0. The van der Waals surface area contributed by atoms with Gasteiger partial charge in [0, 0.05) is 19.3 Å². The number of rotatable bonds is 49. The van der Waals surface area contributed by atoms with Crippen molar-refractivity contribution in [1.29, 1.82) is 0 Å². The summed E-state index contributed by atoms with van der Waals surface area (Å²) in [6, 6.07) is 0. The van der Waals surface area contributed by atoms with Gasteiger partial charge >= 0.3 is 17.9 Å². The summed E-state index contributed by atoms with van der Waals surface area (Å²) in [5, 5.41) is 0. The first-order valence-corrected chi connectivity index (χ1v) is 27.5. The quantitative estimate of drug-likeness (QED) is 0.0199. The maximum absolute atomic E-state index is 12.8. The van der Waals surface area contributed by atoms with E-state index in [4.69, 9.17) is 14.2 Å². The van der Waals surface area contributed by atoms with E-state index in [1.807, 2.05) is 24.3 Å². The molecule has 0 aliphatic heterocycles. The zero-order chi connectivity index (χ0) is 47.2. The molecule has 0 amide bonds. The zero-order valence-corrected chi connectivity index (χ0v) is 42.7. The van der Waals surface area contributed by atoms with Crippen LogP contribution in [0.5, 0.6) is 0 Å². The molecule has 0 aromatic heterocycles. The Labute approximate surface area is 402 Å². The Balaban J connectivity index is 4.43. The van der Waals surface area contributed by atoms with Gasteiger partial charge in [-0.15, -0.1) is 0 Å². The summed E-state index contributed by atoms with van der Waals surface area (Å²) < 4.78 is 16.8. The van der Waals surface area contributed by atoms with E-state index in [2.05, 4.69) is 69.4 Å². The first-order valence-electron chi connectivity index (χ1n) is 27.5. The van der Waals surface area contributed by atoms with Crippen molar-refractivity contribution < 1.29 is 28.6 Å². The maximum atomic E-state index is 12.8. The van der Waals surface area contributed by atoms with E-state index in [9.17, 15) is 14.4 Å². The topological polar surface area (TPSA) is 78.9 Å². The molecule has 6 heteroatoms. The number of unbranched alkanes of at least 4 members (excludes halogenated alkanes) is 30. The fraction of sp³-hybridized carbons (Fsp3) is 0.746. The summed E-state index contributed by atoms with van der Waals surface area (Å²) in [7, 11) is 0. The monoisotopic (exact) mass is 907 g/mol. The second-order valence-electron chi connectivity index (χ2n) is 18.3. The molecule has 0 heterocycles. The third-order valence-corrected chi connectivity index (χ3v) is 11.8. The van der Waals surface area contributed by atoms with Crippen LogP contribution in [0, 0.1) is 0 Å². The molecule has 1 atom stereocenters. The maximum Gasteiger partial charge on any atom is 0.306 e. The highest BCUT2D eigenvalue weighted by atomic mass is 16.6. The predicted octanol–water partition coefficient (Wildman–Crippen LogP) is 18.2. The fourth-order valence-corrected chi connectivity index (χ4v) is 7.64. The largest absolute Gasteiger partial charge is 0.462 e. The molecule has 374 valence electrons. The van der Waals surface area contributed by atoms with E-state index < -0.39 is 6.10 Å². The number of esters is 3.